The number of nitrogens with zero attached hydrogens (tertiary/aromatic N) is 4. The number of carbonyl (C=O) groups excluding carboxylic acids is 2. The second kappa shape index (κ2) is 8.95. The largest absolute Gasteiger partial charge is 0.444 e. The van der Waals surface area contributed by atoms with Gasteiger partial charge in [-0.15, -0.1) is 0 Å². The molecule has 5 heterocycles. The molecule has 0 spiro atoms. The number of rotatable bonds is 5. The zero-order valence-electron chi connectivity index (χ0n) is 19.9. The van der Waals surface area contributed by atoms with E-state index in [1.807, 2.05) is 43.9 Å². The monoisotopic (exact) mass is 495 g/mol. The summed E-state index contributed by atoms with van der Waals surface area (Å²) in [6, 6.07) is 6.18. The molecule has 4 N–H and O–H groups in total. The molecule has 3 aromatic rings. The van der Waals surface area contributed by atoms with Crippen LogP contribution in [-0.2, 0) is 4.74 Å². The van der Waals surface area contributed by atoms with Gasteiger partial charge in [0.05, 0.1) is 11.7 Å². The van der Waals surface area contributed by atoms with E-state index in [9.17, 15) is 9.59 Å². The minimum absolute atomic E-state index is 0.148. The molecule has 2 aliphatic rings. The van der Waals surface area contributed by atoms with Crippen molar-refractivity contribution in [3.05, 3.63) is 35.5 Å². The SMILES string of the molecule is CC(C)(C)OC(=O)N1C2CCC1CC(Nc1nc(Nc3ncc(C(N)=O)s3)cc3ncccc13)C2. The number of nitrogens with two attached hydrogens (primary N) is 1. The summed E-state index contributed by atoms with van der Waals surface area (Å²) in [5.41, 5.74) is 5.62. The van der Waals surface area contributed by atoms with Crippen LogP contribution in [0.3, 0.4) is 0 Å². The maximum absolute atomic E-state index is 12.8. The Kier molecular flexibility index (Phi) is 5.96. The summed E-state index contributed by atoms with van der Waals surface area (Å²) in [4.78, 5) is 40.0. The molecule has 2 aliphatic heterocycles. The molecule has 0 radical (unpaired) electrons. The molecule has 11 heteroatoms. The van der Waals surface area contributed by atoms with E-state index in [2.05, 4.69) is 20.6 Å². The summed E-state index contributed by atoms with van der Waals surface area (Å²) in [5.74, 6) is 0.775. The van der Waals surface area contributed by atoms with E-state index in [0.717, 1.165) is 42.4 Å². The molecule has 2 bridgehead atoms. The Bertz CT molecular complexity index is 1260. The summed E-state index contributed by atoms with van der Waals surface area (Å²) in [5, 5.41) is 8.22. The number of primary amides is 1. The number of fused-ring (bicyclic) bond motifs is 3. The van der Waals surface area contributed by atoms with Gasteiger partial charge in [0.1, 0.15) is 22.1 Å². The smallest absolute Gasteiger partial charge is 0.410 e. The number of anilines is 3. The highest BCUT2D eigenvalue weighted by atomic mass is 32.1. The number of nitrogens with one attached hydrogen (secondary N) is 2. The van der Waals surface area contributed by atoms with Crippen LogP contribution in [0.4, 0.5) is 21.6 Å². The van der Waals surface area contributed by atoms with Gasteiger partial charge < -0.3 is 26.0 Å². The van der Waals surface area contributed by atoms with Crippen molar-refractivity contribution in [1.29, 1.82) is 0 Å². The summed E-state index contributed by atoms with van der Waals surface area (Å²) < 4.78 is 5.66. The topological polar surface area (TPSA) is 135 Å². The van der Waals surface area contributed by atoms with Crippen molar-refractivity contribution in [2.24, 2.45) is 5.73 Å². The standard InChI is InChI=1S/C24H29N7O3S/c1-24(2,3)34-23(33)31-14-6-7-15(31)10-13(9-14)28-21-16-5-4-8-26-17(16)11-19(29-21)30-22-27-12-18(35-22)20(25)32/h4-5,8,11-15H,6-7,9-10H2,1-3H3,(H2,25,32)(H2,27,28,29,30). The molecule has 10 nitrogen and oxygen atoms in total. The fourth-order valence-electron chi connectivity index (χ4n) is 4.91. The van der Waals surface area contributed by atoms with Gasteiger partial charge >= 0.3 is 6.09 Å². The lowest BCUT2D eigenvalue weighted by Gasteiger charge is -2.39. The molecule has 2 atom stereocenters. The van der Waals surface area contributed by atoms with E-state index in [-0.39, 0.29) is 24.2 Å². The van der Waals surface area contributed by atoms with Gasteiger partial charge in [0.15, 0.2) is 5.13 Å². The second-order valence-corrected chi connectivity index (χ2v) is 11.1. The van der Waals surface area contributed by atoms with E-state index in [4.69, 9.17) is 15.5 Å². The normalized spacial score (nSPS) is 21.7. The molecule has 184 valence electrons. The molecule has 5 rings (SSSR count). The molecule has 3 aromatic heterocycles. The van der Waals surface area contributed by atoms with Crippen LogP contribution in [0.25, 0.3) is 10.9 Å². The Morgan fingerprint density at radius 2 is 1.94 bits per heavy atom. The average Bonchev–Trinajstić information content (AvgIpc) is 3.35. The lowest BCUT2D eigenvalue weighted by molar-refractivity contribution is 0.00682. The summed E-state index contributed by atoms with van der Waals surface area (Å²) in [7, 11) is 0. The molecular formula is C24H29N7O3S. The first-order valence-corrected chi connectivity index (χ1v) is 12.5. The summed E-state index contributed by atoms with van der Waals surface area (Å²) in [6.45, 7) is 5.69. The highest BCUT2D eigenvalue weighted by Gasteiger charge is 2.45. The van der Waals surface area contributed by atoms with Gasteiger partial charge in [-0.05, 0) is 58.6 Å². The number of piperidine rings is 1. The highest BCUT2D eigenvalue weighted by Crippen LogP contribution is 2.38. The first kappa shape index (κ1) is 23.3. The highest BCUT2D eigenvalue weighted by molar-refractivity contribution is 7.17. The lowest BCUT2D eigenvalue weighted by atomic mass is 9.97. The van der Waals surface area contributed by atoms with Crippen molar-refractivity contribution >= 4 is 51.0 Å². The maximum atomic E-state index is 12.8. The molecule has 0 aliphatic carbocycles. The van der Waals surface area contributed by atoms with Gasteiger partial charge in [-0.3, -0.25) is 9.78 Å². The Morgan fingerprint density at radius 1 is 1.20 bits per heavy atom. The Hall–Kier alpha value is -3.47. The van der Waals surface area contributed by atoms with Crippen LogP contribution < -0.4 is 16.4 Å². The first-order valence-electron chi connectivity index (χ1n) is 11.7. The van der Waals surface area contributed by atoms with Gasteiger partial charge in [0.2, 0.25) is 0 Å². The van der Waals surface area contributed by atoms with Crippen LogP contribution in [0.5, 0.6) is 0 Å². The minimum atomic E-state index is -0.515. The van der Waals surface area contributed by atoms with Crippen LogP contribution in [-0.4, -0.2) is 55.6 Å². The third kappa shape index (κ3) is 5.00. The van der Waals surface area contributed by atoms with Gasteiger partial charge in [0, 0.05) is 35.8 Å². The quantitative estimate of drug-likeness (QED) is 0.477. The Balaban J connectivity index is 1.35. The third-order valence-electron chi connectivity index (χ3n) is 6.26. The molecule has 2 unspecified atom stereocenters. The van der Waals surface area contributed by atoms with E-state index in [1.54, 1.807) is 6.20 Å². The fraction of sp³-hybridized carbons (Fsp3) is 0.458. The number of ether oxygens (including phenoxy) is 1. The molecular weight excluding hydrogens is 466 g/mol. The Labute approximate surface area is 207 Å². The number of carbonyl (C=O) groups is 2. The summed E-state index contributed by atoms with van der Waals surface area (Å²) >= 11 is 1.17. The number of pyridine rings is 2. The van der Waals surface area contributed by atoms with E-state index >= 15 is 0 Å². The average molecular weight is 496 g/mol. The van der Waals surface area contributed by atoms with Gasteiger partial charge in [0.25, 0.3) is 5.91 Å². The number of amides is 2. The van der Waals surface area contributed by atoms with Crippen molar-refractivity contribution in [2.75, 3.05) is 10.6 Å². The van der Waals surface area contributed by atoms with Crippen LogP contribution in [0.1, 0.15) is 56.1 Å². The zero-order valence-corrected chi connectivity index (χ0v) is 20.8. The molecule has 0 saturated carbocycles. The van der Waals surface area contributed by atoms with E-state index < -0.39 is 11.5 Å². The van der Waals surface area contributed by atoms with E-state index in [0.29, 0.717) is 15.8 Å². The predicted octanol–water partition coefficient (Wildman–Crippen LogP) is 4.27. The zero-order chi connectivity index (χ0) is 24.7. The predicted molar refractivity (Wildman–Crippen MR) is 135 cm³/mol. The van der Waals surface area contributed by atoms with Crippen LogP contribution in [0.15, 0.2) is 30.6 Å². The van der Waals surface area contributed by atoms with Crippen LogP contribution in [0.2, 0.25) is 0 Å². The number of hydrogen-bond acceptors (Lipinski definition) is 9. The molecule has 2 amide bonds. The van der Waals surface area contributed by atoms with Crippen LogP contribution >= 0.6 is 11.3 Å². The Morgan fingerprint density at radius 3 is 2.60 bits per heavy atom. The van der Waals surface area contributed by atoms with Crippen molar-refractivity contribution in [2.45, 2.75) is 70.2 Å². The lowest BCUT2D eigenvalue weighted by Crippen LogP contribution is -2.51. The van der Waals surface area contributed by atoms with Crippen molar-refractivity contribution in [3.8, 4) is 0 Å². The van der Waals surface area contributed by atoms with Crippen molar-refractivity contribution in [1.82, 2.24) is 19.9 Å². The minimum Gasteiger partial charge on any atom is -0.444 e. The number of aromatic nitrogens is 3. The molecule has 35 heavy (non-hydrogen) atoms. The maximum Gasteiger partial charge on any atom is 0.410 e. The van der Waals surface area contributed by atoms with Crippen molar-refractivity contribution in [3.63, 3.8) is 0 Å². The molecule has 2 saturated heterocycles. The number of thiazole rings is 1. The van der Waals surface area contributed by atoms with E-state index in [1.165, 1.54) is 17.5 Å². The molecule has 2 fully saturated rings. The van der Waals surface area contributed by atoms with Crippen LogP contribution in [0, 0.1) is 0 Å². The van der Waals surface area contributed by atoms with Gasteiger partial charge in [-0.2, -0.15) is 0 Å². The molecule has 0 aromatic carbocycles. The fourth-order valence-corrected chi connectivity index (χ4v) is 5.58. The first-order chi connectivity index (χ1) is 16.7. The second-order valence-electron chi connectivity index (χ2n) is 10.0. The summed E-state index contributed by atoms with van der Waals surface area (Å²) in [6.07, 6.45) is 6.57. The van der Waals surface area contributed by atoms with Gasteiger partial charge in [-0.1, -0.05) is 11.3 Å². The third-order valence-corrected chi connectivity index (χ3v) is 7.19. The van der Waals surface area contributed by atoms with Gasteiger partial charge in [-0.25, -0.2) is 14.8 Å². The number of hydrogen-bond donors (Lipinski definition) is 3. The van der Waals surface area contributed by atoms with Crippen molar-refractivity contribution < 1.29 is 14.3 Å².